The third-order valence-corrected chi connectivity index (χ3v) is 4.88. The van der Waals surface area contributed by atoms with Crippen LogP contribution in [0.2, 0.25) is 0 Å². The van der Waals surface area contributed by atoms with Crippen molar-refractivity contribution in [2.75, 3.05) is 7.11 Å². The topological polar surface area (TPSA) is 103 Å². The second-order valence-electron chi connectivity index (χ2n) is 6.65. The molecule has 8 nitrogen and oxygen atoms in total. The van der Waals surface area contributed by atoms with Gasteiger partial charge in [0, 0.05) is 18.2 Å². The van der Waals surface area contributed by atoms with E-state index in [9.17, 15) is 4.79 Å². The number of nitrogens with one attached hydrogen (secondary N) is 1. The number of ether oxygens (including phenoxy) is 1. The summed E-state index contributed by atoms with van der Waals surface area (Å²) < 4.78 is 15.5. The number of methoxy groups -OCH3 is 1. The normalized spacial score (nSPS) is 16.9. The van der Waals surface area contributed by atoms with Gasteiger partial charge < -0.3 is 19.1 Å². The lowest BCUT2D eigenvalue weighted by atomic mass is 10.0. The zero-order valence-electron chi connectivity index (χ0n) is 15.4. The van der Waals surface area contributed by atoms with E-state index in [0.717, 1.165) is 29.5 Å². The van der Waals surface area contributed by atoms with Gasteiger partial charge in [-0.3, -0.25) is 4.79 Å². The van der Waals surface area contributed by atoms with Gasteiger partial charge in [0.05, 0.1) is 12.2 Å². The highest BCUT2D eigenvalue weighted by atomic mass is 16.5. The lowest BCUT2D eigenvalue weighted by Crippen LogP contribution is -2.27. The molecule has 8 heteroatoms. The summed E-state index contributed by atoms with van der Waals surface area (Å²) >= 11 is 0. The van der Waals surface area contributed by atoms with E-state index >= 15 is 0 Å². The molecule has 1 aliphatic rings. The fraction of sp³-hybridized carbons (Fsp3) is 0.368. The number of nitrogens with zero attached hydrogens (tertiary/aromatic N) is 3. The minimum atomic E-state index is -0.250. The van der Waals surface area contributed by atoms with Crippen molar-refractivity contribution in [3.05, 3.63) is 52.7 Å². The maximum atomic E-state index is 12.4. The number of hydrogen-bond acceptors (Lipinski definition) is 7. The summed E-state index contributed by atoms with van der Waals surface area (Å²) in [4.78, 5) is 16.8. The Morgan fingerprint density at radius 3 is 2.96 bits per heavy atom. The summed E-state index contributed by atoms with van der Waals surface area (Å²) in [5.41, 5.74) is 3.86. The molecule has 2 heterocycles. The zero-order chi connectivity index (χ0) is 19.0. The van der Waals surface area contributed by atoms with E-state index in [1.165, 1.54) is 11.8 Å². The highest BCUT2D eigenvalue weighted by molar-refractivity contribution is 5.93. The third-order valence-electron chi connectivity index (χ3n) is 4.88. The molecule has 1 aliphatic carbocycles. The summed E-state index contributed by atoms with van der Waals surface area (Å²) in [5.74, 6) is 0.983. The third kappa shape index (κ3) is 3.23. The highest BCUT2D eigenvalue weighted by Gasteiger charge is 2.27. The summed E-state index contributed by atoms with van der Waals surface area (Å²) in [7, 11) is 1.60. The van der Waals surface area contributed by atoms with Crippen LogP contribution in [-0.2, 0) is 11.2 Å². The molecule has 0 fully saturated rings. The van der Waals surface area contributed by atoms with Crippen LogP contribution in [0.1, 0.15) is 58.6 Å². The molecule has 1 aromatic carbocycles. The van der Waals surface area contributed by atoms with Crippen molar-refractivity contribution in [2.24, 2.45) is 0 Å². The Morgan fingerprint density at radius 1 is 1.37 bits per heavy atom. The average molecular weight is 368 g/mol. The van der Waals surface area contributed by atoms with E-state index in [1.54, 1.807) is 14.0 Å². The van der Waals surface area contributed by atoms with Gasteiger partial charge in [0.15, 0.2) is 0 Å². The van der Waals surface area contributed by atoms with Crippen molar-refractivity contribution in [2.45, 2.75) is 38.8 Å². The maximum absolute atomic E-state index is 12.4. The Labute approximate surface area is 155 Å². The van der Waals surface area contributed by atoms with E-state index < -0.39 is 0 Å². The lowest BCUT2D eigenvalue weighted by Gasteiger charge is -2.13. The Kier molecular flexibility index (Phi) is 4.49. The fourth-order valence-corrected chi connectivity index (χ4v) is 3.26. The molecule has 0 aliphatic heterocycles. The quantitative estimate of drug-likeness (QED) is 0.738. The summed E-state index contributed by atoms with van der Waals surface area (Å²) in [5, 5.41) is 10.7. The van der Waals surface area contributed by atoms with Crippen molar-refractivity contribution in [1.82, 2.24) is 20.6 Å². The first kappa shape index (κ1) is 17.4. The molecule has 0 saturated heterocycles. The first-order valence-corrected chi connectivity index (χ1v) is 8.78. The zero-order valence-corrected chi connectivity index (χ0v) is 15.4. The predicted octanol–water partition coefficient (Wildman–Crippen LogP) is 3.16. The Balaban J connectivity index is 1.53. The van der Waals surface area contributed by atoms with Crippen molar-refractivity contribution >= 4 is 5.91 Å². The molecule has 0 bridgehead atoms. The molecule has 27 heavy (non-hydrogen) atoms. The van der Waals surface area contributed by atoms with Crippen molar-refractivity contribution in [1.29, 1.82) is 0 Å². The van der Waals surface area contributed by atoms with Gasteiger partial charge in [0.25, 0.3) is 11.8 Å². The molecule has 1 N–H and O–H groups in total. The smallest absolute Gasteiger partial charge is 0.290 e. The number of aromatic nitrogens is 3. The number of amides is 1. The van der Waals surface area contributed by atoms with Crippen LogP contribution in [0.15, 0.2) is 33.4 Å². The van der Waals surface area contributed by atoms with Crippen molar-refractivity contribution in [3.8, 4) is 11.4 Å². The Bertz CT molecular complexity index is 978. The van der Waals surface area contributed by atoms with Gasteiger partial charge in [0.2, 0.25) is 11.6 Å². The number of benzene rings is 1. The van der Waals surface area contributed by atoms with Crippen LogP contribution in [0.25, 0.3) is 11.4 Å². The van der Waals surface area contributed by atoms with E-state index in [1.807, 2.05) is 25.1 Å². The number of carbonyl (C=O) groups excluding carboxylic acids is 1. The minimum Gasteiger partial charge on any atom is -0.372 e. The molecule has 0 spiro atoms. The lowest BCUT2D eigenvalue weighted by molar-refractivity contribution is 0.0886. The monoisotopic (exact) mass is 368 g/mol. The molecule has 4 rings (SSSR count). The van der Waals surface area contributed by atoms with Crippen LogP contribution in [0.3, 0.4) is 0 Å². The summed E-state index contributed by atoms with van der Waals surface area (Å²) in [6, 6.07) is 5.94. The maximum Gasteiger partial charge on any atom is 0.290 e. The molecule has 3 aromatic rings. The van der Waals surface area contributed by atoms with Crippen LogP contribution in [0.4, 0.5) is 0 Å². The van der Waals surface area contributed by atoms with Crippen molar-refractivity contribution < 1.29 is 18.6 Å². The first-order chi connectivity index (χ1) is 13.1. The van der Waals surface area contributed by atoms with Crippen LogP contribution < -0.4 is 5.32 Å². The fourth-order valence-electron chi connectivity index (χ4n) is 3.26. The molecule has 0 unspecified atom stereocenters. The van der Waals surface area contributed by atoms with Crippen molar-refractivity contribution in [3.63, 3.8) is 0 Å². The van der Waals surface area contributed by atoms with Crippen LogP contribution in [-0.4, -0.2) is 28.3 Å². The molecule has 2 atom stereocenters. The first-order valence-electron chi connectivity index (χ1n) is 8.78. The SMILES string of the molecule is CO[C@@H](C)c1nc(-c2ccc3c(c2)CC[C@H]3NC(=O)c2oncc2C)no1. The van der Waals surface area contributed by atoms with Crippen LogP contribution in [0.5, 0.6) is 0 Å². The second-order valence-corrected chi connectivity index (χ2v) is 6.65. The number of carbonyl (C=O) groups is 1. The van der Waals surface area contributed by atoms with Gasteiger partial charge in [-0.2, -0.15) is 4.98 Å². The average Bonchev–Trinajstić information content (AvgIpc) is 3.40. The van der Waals surface area contributed by atoms with Gasteiger partial charge in [-0.25, -0.2) is 0 Å². The van der Waals surface area contributed by atoms with Gasteiger partial charge in [0.1, 0.15) is 6.10 Å². The van der Waals surface area contributed by atoms with E-state index in [-0.39, 0.29) is 23.8 Å². The van der Waals surface area contributed by atoms with Crippen LogP contribution in [0, 0.1) is 6.92 Å². The number of hydrogen-bond donors (Lipinski definition) is 1. The summed E-state index contributed by atoms with van der Waals surface area (Å²) in [6.07, 6.45) is 2.98. The molecule has 0 saturated carbocycles. The molecular formula is C19H20N4O4. The largest absolute Gasteiger partial charge is 0.372 e. The number of rotatable bonds is 5. The van der Waals surface area contributed by atoms with Gasteiger partial charge in [-0.1, -0.05) is 22.4 Å². The molecule has 140 valence electrons. The second kappa shape index (κ2) is 6.96. The van der Waals surface area contributed by atoms with E-state index in [2.05, 4.69) is 20.6 Å². The van der Waals surface area contributed by atoms with Gasteiger partial charge in [-0.15, -0.1) is 0 Å². The minimum absolute atomic E-state index is 0.0552. The van der Waals surface area contributed by atoms with E-state index in [0.29, 0.717) is 11.7 Å². The Hall–Kier alpha value is -3.00. The molecule has 0 radical (unpaired) electrons. The summed E-state index contributed by atoms with van der Waals surface area (Å²) in [6.45, 7) is 3.65. The predicted molar refractivity (Wildman–Crippen MR) is 94.9 cm³/mol. The molecule has 2 aromatic heterocycles. The highest BCUT2D eigenvalue weighted by Crippen LogP contribution is 2.34. The molecule has 1 amide bonds. The number of fused-ring (bicyclic) bond motifs is 1. The molecular weight excluding hydrogens is 348 g/mol. The van der Waals surface area contributed by atoms with Crippen LogP contribution >= 0.6 is 0 Å². The standard InChI is InChI=1S/C19H20N4O4/c1-10-9-20-26-16(10)18(24)21-15-7-5-12-8-13(4-6-14(12)15)17-22-19(27-23-17)11(2)25-3/h4,6,8-9,11,15H,5,7H2,1-3H3,(H,21,24)/t11-,15+/m0/s1. The number of aryl methyl sites for hydroxylation is 2. The van der Waals surface area contributed by atoms with Gasteiger partial charge >= 0.3 is 0 Å². The van der Waals surface area contributed by atoms with E-state index in [4.69, 9.17) is 13.8 Å². The Morgan fingerprint density at radius 2 is 2.22 bits per heavy atom. The van der Waals surface area contributed by atoms with Gasteiger partial charge in [-0.05, 0) is 43.9 Å².